The lowest BCUT2D eigenvalue weighted by molar-refractivity contribution is 0.149. The predicted octanol–water partition coefficient (Wildman–Crippen LogP) is 5.07. The van der Waals surface area contributed by atoms with E-state index in [0.29, 0.717) is 6.04 Å². The molecule has 2 aliphatic rings. The van der Waals surface area contributed by atoms with Gasteiger partial charge in [0.05, 0.1) is 6.04 Å². The first-order chi connectivity index (χ1) is 13.4. The SMILES string of the molecule is CCCCN1CCCCN(C2c3ccccc3CCc3ccccc32)CC1. The highest BCUT2D eigenvalue weighted by Crippen LogP contribution is 2.37. The van der Waals surface area contributed by atoms with E-state index in [-0.39, 0.29) is 0 Å². The number of nitrogens with zero attached hydrogens (tertiary/aromatic N) is 2. The van der Waals surface area contributed by atoms with E-state index in [1.807, 2.05) is 0 Å². The molecule has 1 saturated heterocycles. The Kier molecular flexibility index (Phi) is 6.26. The molecule has 2 nitrogen and oxygen atoms in total. The Balaban J connectivity index is 1.65. The lowest BCUT2D eigenvalue weighted by Gasteiger charge is -2.37. The molecule has 1 aliphatic heterocycles. The molecule has 4 rings (SSSR count). The van der Waals surface area contributed by atoms with E-state index in [1.165, 1.54) is 71.2 Å². The molecule has 2 aromatic carbocycles. The van der Waals surface area contributed by atoms with Crippen LogP contribution in [0.4, 0.5) is 0 Å². The van der Waals surface area contributed by atoms with Gasteiger partial charge in [0.2, 0.25) is 0 Å². The van der Waals surface area contributed by atoms with Gasteiger partial charge in [-0.05, 0) is 74.0 Å². The second-order valence-corrected chi connectivity index (χ2v) is 8.24. The molecule has 0 radical (unpaired) electrons. The van der Waals surface area contributed by atoms with Crippen LogP contribution in [0.5, 0.6) is 0 Å². The molecule has 0 N–H and O–H groups in total. The van der Waals surface area contributed by atoms with E-state index in [2.05, 4.69) is 65.3 Å². The molecule has 0 atom stereocenters. The molecule has 27 heavy (non-hydrogen) atoms. The van der Waals surface area contributed by atoms with Crippen molar-refractivity contribution < 1.29 is 0 Å². The van der Waals surface area contributed by atoms with Crippen molar-refractivity contribution in [1.29, 1.82) is 0 Å². The summed E-state index contributed by atoms with van der Waals surface area (Å²) >= 11 is 0. The minimum atomic E-state index is 0.422. The third-order valence-corrected chi connectivity index (χ3v) is 6.43. The van der Waals surface area contributed by atoms with Crippen LogP contribution in [0.15, 0.2) is 48.5 Å². The monoisotopic (exact) mass is 362 g/mol. The second-order valence-electron chi connectivity index (χ2n) is 8.24. The van der Waals surface area contributed by atoms with Gasteiger partial charge >= 0.3 is 0 Å². The van der Waals surface area contributed by atoms with Crippen molar-refractivity contribution in [2.24, 2.45) is 0 Å². The fourth-order valence-electron chi connectivity index (χ4n) is 4.89. The van der Waals surface area contributed by atoms with Gasteiger partial charge in [-0.15, -0.1) is 0 Å². The molecule has 1 heterocycles. The first-order valence-corrected chi connectivity index (χ1v) is 11.0. The number of rotatable bonds is 4. The maximum absolute atomic E-state index is 2.78. The zero-order valence-corrected chi connectivity index (χ0v) is 16.9. The van der Waals surface area contributed by atoms with Gasteiger partial charge in [0.15, 0.2) is 0 Å². The van der Waals surface area contributed by atoms with Crippen LogP contribution in [0.2, 0.25) is 0 Å². The topological polar surface area (TPSA) is 6.48 Å². The maximum atomic E-state index is 2.78. The maximum Gasteiger partial charge on any atom is 0.0607 e. The van der Waals surface area contributed by atoms with Crippen LogP contribution in [0.1, 0.15) is 60.9 Å². The zero-order valence-electron chi connectivity index (χ0n) is 16.9. The third kappa shape index (κ3) is 4.28. The van der Waals surface area contributed by atoms with Crippen LogP contribution >= 0.6 is 0 Å². The highest BCUT2D eigenvalue weighted by atomic mass is 15.2. The number of hydrogen-bond donors (Lipinski definition) is 0. The highest BCUT2D eigenvalue weighted by Gasteiger charge is 2.29. The quantitative estimate of drug-likeness (QED) is 0.749. The van der Waals surface area contributed by atoms with E-state index >= 15 is 0 Å². The Bertz CT molecular complexity index is 689. The van der Waals surface area contributed by atoms with Crippen molar-refractivity contribution in [2.45, 2.75) is 51.5 Å². The van der Waals surface area contributed by atoms with Crippen molar-refractivity contribution in [3.8, 4) is 0 Å². The van der Waals surface area contributed by atoms with Gasteiger partial charge in [0.1, 0.15) is 0 Å². The normalized spacial score (nSPS) is 19.6. The van der Waals surface area contributed by atoms with Crippen LogP contribution in [0.3, 0.4) is 0 Å². The van der Waals surface area contributed by atoms with Gasteiger partial charge in [-0.3, -0.25) is 4.90 Å². The Labute approximate surface area is 165 Å². The van der Waals surface area contributed by atoms with E-state index < -0.39 is 0 Å². The molecule has 0 bridgehead atoms. The minimum absolute atomic E-state index is 0.422. The van der Waals surface area contributed by atoms with Crippen molar-refractivity contribution in [1.82, 2.24) is 9.80 Å². The Hall–Kier alpha value is -1.64. The lowest BCUT2D eigenvalue weighted by atomic mass is 9.92. The molecule has 1 fully saturated rings. The minimum Gasteiger partial charge on any atom is -0.302 e. The molecular formula is C25H34N2. The molecule has 0 aromatic heterocycles. The number of fused-ring (bicyclic) bond motifs is 2. The number of aryl methyl sites for hydroxylation is 2. The van der Waals surface area contributed by atoms with Crippen LogP contribution in [-0.2, 0) is 12.8 Å². The summed E-state index contributed by atoms with van der Waals surface area (Å²) in [4.78, 5) is 5.48. The van der Waals surface area contributed by atoms with Crippen LogP contribution in [0, 0.1) is 0 Å². The van der Waals surface area contributed by atoms with Gasteiger partial charge < -0.3 is 4.90 Å². The van der Waals surface area contributed by atoms with Gasteiger partial charge in [-0.2, -0.15) is 0 Å². The molecule has 1 aliphatic carbocycles. The highest BCUT2D eigenvalue weighted by molar-refractivity contribution is 5.44. The van der Waals surface area contributed by atoms with Crippen molar-refractivity contribution in [3.63, 3.8) is 0 Å². The largest absolute Gasteiger partial charge is 0.302 e. The summed E-state index contributed by atoms with van der Waals surface area (Å²) in [6.45, 7) is 8.45. The Morgan fingerprint density at radius 3 is 2.07 bits per heavy atom. The van der Waals surface area contributed by atoms with Crippen LogP contribution in [0.25, 0.3) is 0 Å². The van der Waals surface area contributed by atoms with Gasteiger partial charge in [0.25, 0.3) is 0 Å². The molecule has 0 saturated carbocycles. The average molecular weight is 363 g/mol. The van der Waals surface area contributed by atoms with Crippen molar-refractivity contribution in [2.75, 3.05) is 32.7 Å². The smallest absolute Gasteiger partial charge is 0.0607 e. The zero-order chi connectivity index (χ0) is 18.5. The predicted molar refractivity (Wildman–Crippen MR) is 114 cm³/mol. The van der Waals surface area contributed by atoms with E-state index in [1.54, 1.807) is 22.3 Å². The Morgan fingerprint density at radius 1 is 0.778 bits per heavy atom. The molecule has 2 heteroatoms. The molecular weight excluding hydrogens is 328 g/mol. The Morgan fingerprint density at radius 2 is 1.41 bits per heavy atom. The fourth-order valence-corrected chi connectivity index (χ4v) is 4.89. The molecule has 0 spiro atoms. The molecule has 2 aromatic rings. The standard InChI is InChI=1S/C25H34N2/c1-2-3-16-26-17-8-9-18-27(20-19-26)25-23-12-6-4-10-21(23)14-15-22-11-5-7-13-24(22)25/h4-7,10-13,25H,2-3,8-9,14-20H2,1H3. The van der Waals surface area contributed by atoms with Crippen LogP contribution < -0.4 is 0 Å². The van der Waals surface area contributed by atoms with E-state index in [0.717, 1.165) is 0 Å². The summed E-state index contributed by atoms with van der Waals surface area (Å²) in [5, 5.41) is 0. The summed E-state index contributed by atoms with van der Waals surface area (Å²) in [5.41, 5.74) is 6.18. The lowest BCUT2D eigenvalue weighted by Crippen LogP contribution is -2.41. The first kappa shape index (κ1) is 18.7. The summed E-state index contributed by atoms with van der Waals surface area (Å²) in [7, 11) is 0. The van der Waals surface area contributed by atoms with Crippen molar-refractivity contribution in [3.05, 3.63) is 70.8 Å². The summed E-state index contributed by atoms with van der Waals surface area (Å²) in [6, 6.07) is 18.8. The van der Waals surface area contributed by atoms with E-state index in [9.17, 15) is 0 Å². The first-order valence-electron chi connectivity index (χ1n) is 11.0. The van der Waals surface area contributed by atoms with Gasteiger partial charge in [0, 0.05) is 13.1 Å². The summed E-state index contributed by atoms with van der Waals surface area (Å²) in [5.74, 6) is 0. The van der Waals surface area contributed by atoms with Gasteiger partial charge in [-0.1, -0.05) is 61.9 Å². The second kappa shape index (κ2) is 9.03. The summed E-state index contributed by atoms with van der Waals surface area (Å²) in [6.07, 6.45) is 7.60. The number of unbranched alkanes of at least 4 members (excludes halogenated alkanes) is 1. The molecule has 0 unspecified atom stereocenters. The summed E-state index contributed by atoms with van der Waals surface area (Å²) < 4.78 is 0. The average Bonchev–Trinajstić information content (AvgIpc) is 2.85. The molecule has 0 amide bonds. The van der Waals surface area contributed by atoms with Crippen molar-refractivity contribution >= 4 is 0 Å². The van der Waals surface area contributed by atoms with Gasteiger partial charge in [-0.25, -0.2) is 0 Å². The molecule has 144 valence electrons. The number of hydrogen-bond acceptors (Lipinski definition) is 2. The fraction of sp³-hybridized carbons (Fsp3) is 0.520. The van der Waals surface area contributed by atoms with E-state index in [4.69, 9.17) is 0 Å². The number of benzene rings is 2. The third-order valence-electron chi connectivity index (χ3n) is 6.43. The van der Waals surface area contributed by atoms with Crippen LogP contribution in [-0.4, -0.2) is 42.5 Å².